The minimum atomic E-state index is -0.493. The first kappa shape index (κ1) is 14.3. The number of anilines is 1. The molecular weight excluding hydrogens is 283 g/mol. The predicted molar refractivity (Wildman–Crippen MR) is 76.5 cm³/mol. The van der Waals surface area contributed by atoms with Crippen molar-refractivity contribution in [3.05, 3.63) is 69.0 Å². The second-order valence-corrected chi connectivity index (χ2v) is 4.75. The molecule has 0 spiro atoms. The molecule has 0 aromatic heterocycles. The molecule has 0 fully saturated rings. The first-order chi connectivity index (χ1) is 9.47. The lowest BCUT2D eigenvalue weighted by molar-refractivity contribution is -0.384. The van der Waals surface area contributed by atoms with Gasteiger partial charge >= 0.3 is 0 Å². The maximum absolute atomic E-state index is 13.3. The van der Waals surface area contributed by atoms with Crippen LogP contribution in [-0.2, 0) is 0 Å². The van der Waals surface area contributed by atoms with Crippen molar-refractivity contribution in [3.63, 3.8) is 0 Å². The summed E-state index contributed by atoms with van der Waals surface area (Å²) in [6.07, 6.45) is 0. The SMILES string of the molecule is CC(Nc1ccc(Cl)c(F)c1)c1ccc([N+](=O)[O-])cc1. The fourth-order valence-electron chi connectivity index (χ4n) is 1.80. The minimum absolute atomic E-state index is 0.0403. The van der Waals surface area contributed by atoms with Gasteiger partial charge in [-0.3, -0.25) is 10.1 Å². The summed E-state index contributed by atoms with van der Waals surface area (Å²) in [7, 11) is 0. The third kappa shape index (κ3) is 3.24. The smallest absolute Gasteiger partial charge is 0.269 e. The zero-order valence-electron chi connectivity index (χ0n) is 10.6. The molecule has 2 aromatic rings. The van der Waals surface area contributed by atoms with Gasteiger partial charge in [0.05, 0.1) is 9.95 Å². The lowest BCUT2D eigenvalue weighted by atomic mass is 10.1. The van der Waals surface area contributed by atoms with Gasteiger partial charge in [-0.2, -0.15) is 0 Å². The van der Waals surface area contributed by atoms with Crippen LogP contribution in [0.25, 0.3) is 0 Å². The van der Waals surface area contributed by atoms with Crippen molar-refractivity contribution in [2.75, 3.05) is 5.32 Å². The Labute approximate surface area is 120 Å². The van der Waals surface area contributed by atoms with Gasteiger partial charge in [0.1, 0.15) is 5.82 Å². The standard InChI is InChI=1S/C14H12ClFN2O2/c1-9(10-2-5-12(6-3-10)18(19)20)17-11-4-7-13(15)14(16)8-11/h2-9,17H,1H3. The molecule has 0 bridgehead atoms. The molecule has 0 amide bonds. The monoisotopic (exact) mass is 294 g/mol. The van der Waals surface area contributed by atoms with E-state index in [1.165, 1.54) is 24.3 Å². The van der Waals surface area contributed by atoms with Gasteiger partial charge in [0, 0.05) is 23.9 Å². The first-order valence-electron chi connectivity index (χ1n) is 5.93. The van der Waals surface area contributed by atoms with Gasteiger partial charge in [-0.1, -0.05) is 23.7 Å². The second-order valence-electron chi connectivity index (χ2n) is 4.34. The van der Waals surface area contributed by atoms with E-state index in [1.54, 1.807) is 18.2 Å². The molecule has 0 saturated heterocycles. The van der Waals surface area contributed by atoms with Crippen molar-refractivity contribution in [3.8, 4) is 0 Å². The van der Waals surface area contributed by atoms with Crippen molar-refractivity contribution in [2.24, 2.45) is 0 Å². The molecule has 0 aliphatic rings. The van der Waals surface area contributed by atoms with E-state index in [2.05, 4.69) is 5.32 Å². The van der Waals surface area contributed by atoms with Gasteiger partial charge < -0.3 is 5.32 Å². The van der Waals surface area contributed by atoms with Crippen LogP contribution in [0, 0.1) is 15.9 Å². The highest BCUT2D eigenvalue weighted by atomic mass is 35.5. The van der Waals surface area contributed by atoms with Gasteiger partial charge in [-0.05, 0) is 30.7 Å². The van der Waals surface area contributed by atoms with Gasteiger partial charge in [0.15, 0.2) is 0 Å². The van der Waals surface area contributed by atoms with Crippen LogP contribution in [0.5, 0.6) is 0 Å². The fraction of sp³-hybridized carbons (Fsp3) is 0.143. The van der Waals surface area contributed by atoms with Crippen molar-refractivity contribution < 1.29 is 9.31 Å². The third-order valence-corrected chi connectivity index (χ3v) is 3.21. The molecular formula is C14H12ClFN2O2. The molecule has 6 heteroatoms. The predicted octanol–water partition coefficient (Wildman–Crippen LogP) is 4.56. The maximum atomic E-state index is 13.3. The highest BCUT2D eigenvalue weighted by Crippen LogP contribution is 2.24. The molecule has 0 heterocycles. The molecule has 1 N–H and O–H groups in total. The van der Waals surface area contributed by atoms with Crippen LogP contribution in [0.4, 0.5) is 15.8 Å². The zero-order chi connectivity index (χ0) is 14.7. The maximum Gasteiger partial charge on any atom is 0.269 e. The van der Waals surface area contributed by atoms with Crippen LogP contribution in [-0.4, -0.2) is 4.92 Å². The molecule has 0 aliphatic heterocycles. The average Bonchev–Trinajstić information content (AvgIpc) is 2.43. The number of non-ortho nitro benzene ring substituents is 1. The summed E-state index contributed by atoms with van der Waals surface area (Å²) in [5, 5.41) is 13.8. The van der Waals surface area contributed by atoms with Crippen LogP contribution < -0.4 is 5.32 Å². The normalized spacial score (nSPS) is 11.9. The highest BCUT2D eigenvalue weighted by Gasteiger charge is 2.10. The van der Waals surface area contributed by atoms with Gasteiger partial charge in [-0.25, -0.2) is 4.39 Å². The quantitative estimate of drug-likeness (QED) is 0.664. The second kappa shape index (κ2) is 5.88. The lowest BCUT2D eigenvalue weighted by Gasteiger charge is -2.15. The van der Waals surface area contributed by atoms with E-state index in [0.29, 0.717) is 5.69 Å². The minimum Gasteiger partial charge on any atom is -0.378 e. The largest absolute Gasteiger partial charge is 0.378 e. The summed E-state index contributed by atoms with van der Waals surface area (Å²) in [5.41, 5.74) is 1.50. The van der Waals surface area contributed by atoms with Gasteiger partial charge in [0.25, 0.3) is 5.69 Å². The average molecular weight is 295 g/mol. The Morgan fingerprint density at radius 3 is 2.45 bits per heavy atom. The van der Waals surface area contributed by atoms with Crippen molar-refractivity contribution in [1.82, 2.24) is 0 Å². The Kier molecular flexibility index (Phi) is 4.20. The van der Waals surface area contributed by atoms with E-state index in [1.807, 2.05) is 6.92 Å². The van der Waals surface area contributed by atoms with Crippen LogP contribution in [0.15, 0.2) is 42.5 Å². The lowest BCUT2D eigenvalue weighted by Crippen LogP contribution is -2.06. The summed E-state index contributed by atoms with van der Waals surface area (Å²) in [4.78, 5) is 10.1. The van der Waals surface area contributed by atoms with E-state index in [0.717, 1.165) is 5.56 Å². The molecule has 2 aromatic carbocycles. The number of benzene rings is 2. The van der Waals surface area contributed by atoms with Crippen LogP contribution in [0.2, 0.25) is 5.02 Å². The zero-order valence-corrected chi connectivity index (χ0v) is 11.4. The van der Waals surface area contributed by atoms with E-state index in [9.17, 15) is 14.5 Å². The molecule has 0 saturated carbocycles. The van der Waals surface area contributed by atoms with Crippen LogP contribution in [0.1, 0.15) is 18.5 Å². The van der Waals surface area contributed by atoms with Crippen molar-refractivity contribution >= 4 is 23.0 Å². The molecule has 2 rings (SSSR count). The summed E-state index contributed by atoms with van der Waals surface area (Å²) >= 11 is 5.61. The number of nitro groups is 1. The first-order valence-corrected chi connectivity index (χ1v) is 6.31. The third-order valence-electron chi connectivity index (χ3n) is 2.91. The summed E-state index contributed by atoms with van der Waals surface area (Å²) in [5.74, 6) is -0.493. The Morgan fingerprint density at radius 1 is 1.25 bits per heavy atom. The Bertz CT molecular complexity index is 632. The Hall–Kier alpha value is -2.14. The van der Waals surface area contributed by atoms with E-state index < -0.39 is 10.7 Å². The van der Waals surface area contributed by atoms with Gasteiger partial charge in [0.2, 0.25) is 0 Å². The van der Waals surface area contributed by atoms with E-state index in [-0.39, 0.29) is 16.8 Å². The number of nitrogens with one attached hydrogen (secondary N) is 1. The molecule has 4 nitrogen and oxygen atoms in total. The molecule has 0 aliphatic carbocycles. The number of halogens is 2. The van der Waals surface area contributed by atoms with Crippen molar-refractivity contribution in [1.29, 1.82) is 0 Å². The van der Waals surface area contributed by atoms with E-state index >= 15 is 0 Å². The topological polar surface area (TPSA) is 55.2 Å². The summed E-state index contributed by atoms with van der Waals surface area (Å²) < 4.78 is 13.3. The number of nitrogens with zero attached hydrogens (tertiary/aromatic N) is 1. The van der Waals surface area contributed by atoms with Crippen molar-refractivity contribution in [2.45, 2.75) is 13.0 Å². The molecule has 104 valence electrons. The fourth-order valence-corrected chi connectivity index (χ4v) is 1.92. The molecule has 0 radical (unpaired) electrons. The number of rotatable bonds is 4. The number of nitro benzene ring substituents is 1. The van der Waals surface area contributed by atoms with Gasteiger partial charge in [-0.15, -0.1) is 0 Å². The number of hydrogen-bond acceptors (Lipinski definition) is 3. The van der Waals surface area contributed by atoms with Crippen LogP contribution >= 0.6 is 11.6 Å². The molecule has 1 unspecified atom stereocenters. The summed E-state index contributed by atoms with van der Waals surface area (Å²) in [6, 6.07) is 10.6. The van der Waals surface area contributed by atoms with Crippen LogP contribution in [0.3, 0.4) is 0 Å². The highest BCUT2D eigenvalue weighted by molar-refractivity contribution is 6.30. The Balaban J connectivity index is 2.12. The van der Waals surface area contributed by atoms with E-state index in [4.69, 9.17) is 11.6 Å². The Morgan fingerprint density at radius 2 is 1.90 bits per heavy atom. The summed E-state index contributed by atoms with van der Waals surface area (Å²) in [6.45, 7) is 1.88. The number of hydrogen-bond donors (Lipinski definition) is 1. The molecule has 20 heavy (non-hydrogen) atoms. The molecule has 1 atom stereocenters.